The predicted molar refractivity (Wildman–Crippen MR) is 66.6 cm³/mol. The van der Waals surface area contributed by atoms with Gasteiger partial charge in [-0.2, -0.15) is 0 Å². The Bertz CT molecular complexity index is 565. The minimum Gasteiger partial charge on any atom is -0.430 e. The number of pyridine rings is 1. The molecule has 1 aromatic heterocycles. The number of aromatic nitrogens is 1. The predicted octanol–water partition coefficient (Wildman–Crippen LogP) is 1.84. The molecule has 1 saturated heterocycles. The average molecular weight is 285 g/mol. The second kappa shape index (κ2) is 3.86. The summed E-state index contributed by atoms with van der Waals surface area (Å²) >= 11 is 7.27. The lowest BCUT2D eigenvalue weighted by Gasteiger charge is -2.38. The summed E-state index contributed by atoms with van der Waals surface area (Å²) in [5.41, 5.74) is -0.283. The highest BCUT2D eigenvalue weighted by Crippen LogP contribution is 2.46. The van der Waals surface area contributed by atoms with Gasteiger partial charge in [0, 0.05) is 6.42 Å². The number of halogens is 1. The topological polar surface area (TPSA) is 59.5 Å². The summed E-state index contributed by atoms with van der Waals surface area (Å²) in [5.74, 6) is -0.968. The van der Waals surface area contributed by atoms with Crippen LogP contribution in [-0.4, -0.2) is 28.3 Å². The van der Waals surface area contributed by atoms with Gasteiger partial charge >= 0.3 is 11.9 Å². The third-order valence-corrected chi connectivity index (χ3v) is 4.48. The molecular formula is C11H9ClN2O3S. The van der Waals surface area contributed by atoms with Crippen LogP contribution < -0.4 is 4.90 Å². The molecule has 0 aromatic carbocycles. The molecule has 0 unspecified atom stereocenters. The molecule has 5 nitrogen and oxygen atoms in total. The molecule has 0 bridgehead atoms. The Kier molecular flexibility index (Phi) is 2.53. The molecule has 0 N–H and O–H groups in total. The number of esters is 1. The SMILES string of the molecule is CC[C@]12CSc3nc(Cl)ccc3N1C(=O)C(=O)O2. The van der Waals surface area contributed by atoms with Crippen LogP contribution in [0.3, 0.4) is 0 Å². The third-order valence-electron chi connectivity index (χ3n) is 3.10. The van der Waals surface area contributed by atoms with Crippen LogP contribution in [0.5, 0.6) is 0 Å². The Morgan fingerprint density at radius 1 is 1.56 bits per heavy atom. The first-order valence-electron chi connectivity index (χ1n) is 5.44. The van der Waals surface area contributed by atoms with E-state index in [1.54, 1.807) is 12.1 Å². The Morgan fingerprint density at radius 3 is 3.06 bits per heavy atom. The van der Waals surface area contributed by atoms with E-state index in [9.17, 15) is 9.59 Å². The molecule has 2 aliphatic rings. The van der Waals surface area contributed by atoms with E-state index in [2.05, 4.69) is 4.98 Å². The van der Waals surface area contributed by atoms with E-state index in [1.165, 1.54) is 16.7 Å². The number of hydrogen-bond donors (Lipinski definition) is 0. The number of amides is 1. The van der Waals surface area contributed by atoms with Gasteiger partial charge in [0.1, 0.15) is 10.2 Å². The van der Waals surface area contributed by atoms with Gasteiger partial charge in [-0.05, 0) is 12.1 Å². The van der Waals surface area contributed by atoms with Crippen molar-refractivity contribution in [1.82, 2.24) is 4.98 Å². The van der Waals surface area contributed by atoms with Crippen LogP contribution in [0.2, 0.25) is 5.15 Å². The molecule has 94 valence electrons. The van der Waals surface area contributed by atoms with E-state index in [0.29, 0.717) is 28.0 Å². The van der Waals surface area contributed by atoms with Crippen molar-refractivity contribution in [3.8, 4) is 0 Å². The summed E-state index contributed by atoms with van der Waals surface area (Å²) in [6.45, 7) is 1.88. The van der Waals surface area contributed by atoms with Gasteiger partial charge in [0.25, 0.3) is 0 Å². The van der Waals surface area contributed by atoms with Gasteiger partial charge in [0.15, 0.2) is 0 Å². The second-order valence-corrected chi connectivity index (χ2v) is 5.43. The Hall–Kier alpha value is -1.27. The maximum absolute atomic E-state index is 11.9. The van der Waals surface area contributed by atoms with Gasteiger partial charge in [-0.15, -0.1) is 0 Å². The van der Waals surface area contributed by atoms with E-state index < -0.39 is 17.6 Å². The molecule has 18 heavy (non-hydrogen) atoms. The monoisotopic (exact) mass is 284 g/mol. The molecule has 2 aliphatic heterocycles. The van der Waals surface area contributed by atoms with E-state index in [4.69, 9.17) is 16.3 Å². The fourth-order valence-electron chi connectivity index (χ4n) is 2.16. The molecule has 0 radical (unpaired) electrons. The molecular weight excluding hydrogens is 276 g/mol. The Labute approximate surface area is 112 Å². The van der Waals surface area contributed by atoms with Crippen LogP contribution in [0.25, 0.3) is 0 Å². The summed E-state index contributed by atoms with van der Waals surface area (Å²) in [6.07, 6.45) is 0.541. The van der Waals surface area contributed by atoms with Crippen molar-refractivity contribution in [3.05, 3.63) is 17.3 Å². The van der Waals surface area contributed by atoms with E-state index in [-0.39, 0.29) is 0 Å². The van der Waals surface area contributed by atoms with Crippen LogP contribution in [0, 0.1) is 0 Å². The highest BCUT2D eigenvalue weighted by Gasteiger charge is 2.55. The fraction of sp³-hybridized carbons (Fsp3) is 0.364. The Morgan fingerprint density at radius 2 is 2.33 bits per heavy atom. The first-order chi connectivity index (χ1) is 8.57. The zero-order valence-corrected chi connectivity index (χ0v) is 11.0. The van der Waals surface area contributed by atoms with Crippen molar-refractivity contribution in [2.24, 2.45) is 0 Å². The summed E-state index contributed by atoms with van der Waals surface area (Å²) in [4.78, 5) is 29.0. The molecule has 3 rings (SSSR count). The number of hydrogen-bond acceptors (Lipinski definition) is 5. The maximum Gasteiger partial charge on any atom is 0.399 e. The van der Waals surface area contributed by atoms with Gasteiger partial charge in [0.2, 0.25) is 5.72 Å². The van der Waals surface area contributed by atoms with E-state index >= 15 is 0 Å². The third kappa shape index (κ3) is 1.45. The van der Waals surface area contributed by atoms with Crippen molar-refractivity contribution >= 4 is 40.9 Å². The zero-order valence-electron chi connectivity index (χ0n) is 9.47. The van der Waals surface area contributed by atoms with Crippen molar-refractivity contribution < 1.29 is 14.3 Å². The molecule has 0 aliphatic carbocycles. The van der Waals surface area contributed by atoms with Crippen molar-refractivity contribution in [3.63, 3.8) is 0 Å². The number of anilines is 1. The second-order valence-electron chi connectivity index (χ2n) is 4.08. The molecule has 1 fully saturated rings. The van der Waals surface area contributed by atoms with Crippen LogP contribution >= 0.6 is 23.4 Å². The number of nitrogens with zero attached hydrogens (tertiary/aromatic N) is 2. The minimum absolute atomic E-state index is 0.365. The van der Waals surface area contributed by atoms with Crippen LogP contribution in [0.4, 0.5) is 5.69 Å². The van der Waals surface area contributed by atoms with Crippen LogP contribution in [-0.2, 0) is 14.3 Å². The average Bonchev–Trinajstić information content (AvgIpc) is 2.62. The van der Waals surface area contributed by atoms with Crippen molar-refractivity contribution in [2.75, 3.05) is 10.7 Å². The van der Waals surface area contributed by atoms with Gasteiger partial charge in [-0.1, -0.05) is 30.3 Å². The first-order valence-corrected chi connectivity index (χ1v) is 6.80. The number of ether oxygens (including phenoxy) is 1. The molecule has 3 heterocycles. The number of thioether (sulfide) groups is 1. The molecule has 0 saturated carbocycles. The highest BCUT2D eigenvalue weighted by atomic mass is 35.5. The van der Waals surface area contributed by atoms with Crippen molar-refractivity contribution in [1.29, 1.82) is 0 Å². The smallest absolute Gasteiger partial charge is 0.399 e. The molecule has 1 atom stereocenters. The maximum atomic E-state index is 11.9. The number of carbonyl (C=O) groups excluding carboxylic acids is 2. The molecule has 7 heteroatoms. The van der Waals surface area contributed by atoms with E-state index in [0.717, 1.165) is 0 Å². The summed E-state index contributed by atoms with van der Waals surface area (Å²) in [7, 11) is 0. The largest absolute Gasteiger partial charge is 0.430 e. The normalized spacial score (nSPS) is 25.8. The first kappa shape index (κ1) is 11.8. The van der Waals surface area contributed by atoms with Crippen LogP contribution in [0.15, 0.2) is 17.2 Å². The standard InChI is InChI=1S/C11H9ClN2O3S/c1-2-11-5-18-8-6(3-4-7(12)13-8)14(11)9(15)10(16)17-11/h3-4H,2,5H2,1H3/t11-/m0/s1. The summed E-state index contributed by atoms with van der Waals surface area (Å²) < 4.78 is 5.26. The van der Waals surface area contributed by atoms with Gasteiger partial charge < -0.3 is 4.74 Å². The lowest BCUT2D eigenvalue weighted by molar-refractivity contribution is -0.152. The lowest BCUT2D eigenvalue weighted by Crippen LogP contribution is -2.50. The van der Waals surface area contributed by atoms with Gasteiger partial charge in [0.05, 0.1) is 11.4 Å². The molecule has 1 aromatic rings. The Balaban J connectivity index is 2.17. The molecule has 1 amide bonds. The number of carbonyl (C=O) groups is 2. The lowest BCUT2D eigenvalue weighted by atomic mass is 10.1. The van der Waals surface area contributed by atoms with Crippen molar-refractivity contribution in [2.45, 2.75) is 24.1 Å². The molecule has 0 spiro atoms. The number of rotatable bonds is 1. The summed E-state index contributed by atoms with van der Waals surface area (Å²) in [6, 6.07) is 3.30. The van der Waals surface area contributed by atoms with Crippen LogP contribution in [0.1, 0.15) is 13.3 Å². The highest BCUT2D eigenvalue weighted by molar-refractivity contribution is 7.99. The van der Waals surface area contributed by atoms with Gasteiger partial charge in [-0.3, -0.25) is 9.69 Å². The summed E-state index contributed by atoms with van der Waals surface area (Å²) in [5, 5.41) is 1.02. The number of fused-ring (bicyclic) bond motifs is 3. The quantitative estimate of drug-likeness (QED) is 0.447. The fourth-order valence-corrected chi connectivity index (χ4v) is 3.58. The van der Waals surface area contributed by atoms with Gasteiger partial charge in [-0.25, -0.2) is 9.78 Å². The minimum atomic E-state index is -0.874. The zero-order chi connectivity index (χ0) is 12.9. The van der Waals surface area contributed by atoms with E-state index in [1.807, 2.05) is 6.92 Å².